The van der Waals surface area contributed by atoms with Crippen LogP contribution in [0.15, 0.2) is 0 Å². The molecule has 0 aromatic rings. The molecule has 1 heterocycles. The molecule has 1 aliphatic rings. The predicted octanol–water partition coefficient (Wildman–Crippen LogP) is 2.03. The van der Waals surface area contributed by atoms with E-state index in [1.807, 2.05) is 0 Å². The first-order valence-corrected chi connectivity index (χ1v) is 5.39. The van der Waals surface area contributed by atoms with Gasteiger partial charge < -0.3 is 10.5 Å². The van der Waals surface area contributed by atoms with Crippen LogP contribution in [0, 0.1) is 17.8 Å². The van der Waals surface area contributed by atoms with Gasteiger partial charge in [-0.3, -0.25) is 0 Å². The van der Waals surface area contributed by atoms with Crippen LogP contribution >= 0.6 is 0 Å². The highest BCUT2D eigenvalue weighted by atomic mass is 16.5. The number of nitrogens with two attached hydrogens (primary N) is 1. The Bertz CT molecular complexity index is 158. The number of hydrogen-bond acceptors (Lipinski definition) is 2. The summed E-state index contributed by atoms with van der Waals surface area (Å²) in [6.45, 7) is 9.71. The Kier molecular flexibility index (Phi) is 3.74. The molecule has 1 saturated heterocycles. The van der Waals surface area contributed by atoms with E-state index in [-0.39, 0.29) is 0 Å². The number of ether oxygens (including phenoxy) is 1. The second-order valence-corrected chi connectivity index (χ2v) is 4.85. The fourth-order valence-electron chi connectivity index (χ4n) is 2.15. The molecular formula is C11H23NO. The lowest BCUT2D eigenvalue weighted by Crippen LogP contribution is -2.35. The average molecular weight is 185 g/mol. The molecule has 0 amide bonds. The van der Waals surface area contributed by atoms with Crippen LogP contribution in [-0.2, 0) is 4.74 Å². The van der Waals surface area contributed by atoms with Crippen LogP contribution in [0.1, 0.15) is 34.1 Å². The Morgan fingerprint density at radius 3 is 2.38 bits per heavy atom. The summed E-state index contributed by atoms with van der Waals surface area (Å²) in [5, 5.41) is 0. The third kappa shape index (κ3) is 2.68. The Morgan fingerprint density at radius 2 is 2.00 bits per heavy atom. The second-order valence-electron chi connectivity index (χ2n) is 4.85. The van der Waals surface area contributed by atoms with E-state index >= 15 is 0 Å². The lowest BCUT2D eigenvalue weighted by Gasteiger charge is -2.24. The van der Waals surface area contributed by atoms with Crippen molar-refractivity contribution in [2.45, 2.75) is 46.3 Å². The lowest BCUT2D eigenvalue weighted by molar-refractivity contribution is 0.107. The van der Waals surface area contributed by atoms with E-state index in [2.05, 4.69) is 27.7 Å². The summed E-state index contributed by atoms with van der Waals surface area (Å²) in [6, 6.07) is 0.319. The summed E-state index contributed by atoms with van der Waals surface area (Å²) in [5.74, 6) is 1.88. The predicted molar refractivity (Wildman–Crippen MR) is 55.5 cm³/mol. The molecule has 2 heteroatoms. The zero-order valence-corrected chi connectivity index (χ0v) is 9.29. The van der Waals surface area contributed by atoms with Gasteiger partial charge in [-0.1, -0.05) is 20.8 Å². The number of hydrogen-bond donors (Lipinski definition) is 1. The van der Waals surface area contributed by atoms with Crippen molar-refractivity contribution in [3.63, 3.8) is 0 Å². The fraction of sp³-hybridized carbons (Fsp3) is 1.00. The van der Waals surface area contributed by atoms with Crippen molar-refractivity contribution in [1.82, 2.24) is 0 Å². The molecule has 0 aromatic carbocycles. The van der Waals surface area contributed by atoms with Gasteiger partial charge in [0.15, 0.2) is 0 Å². The fourth-order valence-corrected chi connectivity index (χ4v) is 2.15. The van der Waals surface area contributed by atoms with E-state index in [1.54, 1.807) is 0 Å². The highest BCUT2D eigenvalue weighted by Gasteiger charge is 2.34. The van der Waals surface area contributed by atoms with Crippen LogP contribution in [0.5, 0.6) is 0 Å². The third-order valence-corrected chi connectivity index (χ3v) is 3.26. The molecule has 78 valence electrons. The Morgan fingerprint density at radius 1 is 1.38 bits per heavy atom. The standard InChI is InChI=1S/C11H23NO/c1-7(2)5-11(12)10-6-13-9(4)8(10)3/h7-11H,5-6,12H2,1-4H3. The van der Waals surface area contributed by atoms with Gasteiger partial charge in [-0.15, -0.1) is 0 Å². The molecule has 0 radical (unpaired) electrons. The van der Waals surface area contributed by atoms with Gasteiger partial charge in [0.1, 0.15) is 0 Å². The quantitative estimate of drug-likeness (QED) is 0.730. The van der Waals surface area contributed by atoms with Crippen molar-refractivity contribution < 1.29 is 4.74 Å². The SMILES string of the molecule is CC(C)CC(N)C1COC(C)C1C. The van der Waals surface area contributed by atoms with Crippen LogP contribution in [0.4, 0.5) is 0 Å². The monoisotopic (exact) mass is 185 g/mol. The molecule has 0 bridgehead atoms. The zero-order valence-electron chi connectivity index (χ0n) is 9.29. The van der Waals surface area contributed by atoms with Crippen molar-refractivity contribution in [1.29, 1.82) is 0 Å². The molecule has 0 spiro atoms. The zero-order chi connectivity index (χ0) is 10.0. The molecule has 1 fully saturated rings. The van der Waals surface area contributed by atoms with Crippen LogP contribution in [-0.4, -0.2) is 18.8 Å². The smallest absolute Gasteiger partial charge is 0.0576 e. The van der Waals surface area contributed by atoms with E-state index in [0.717, 1.165) is 13.0 Å². The maximum absolute atomic E-state index is 6.15. The summed E-state index contributed by atoms with van der Waals surface area (Å²) in [7, 11) is 0. The Balaban J connectivity index is 2.43. The van der Waals surface area contributed by atoms with Gasteiger partial charge in [0.25, 0.3) is 0 Å². The summed E-state index contributed by atoms with van der Waals surface area (Å²) in [5.41, 5.74) is 6.15. The van der Waals surface area contributed by atoms with Gasteiger partial charge in [0.05, 0.1) is 12.7 Å². The van der Waals surface area contributed by atoms with Crippen LogP contribution < -0.4 is 5.73 Å². The molecule has 1 aliphatic heterocycles. The van der Waals surface area contributed by atoms with Crippen LogP contribution in [0.3, 0.4) is 0 Å². The average Bonchev–Trinajstić information content (AvgIpc) is 2.31. The normalized spacial score (nSPS) is 36.9. The third-order valence-electron chi connectivity index (χ3n) is 3.26. The first-order chi connectivity index (χ1) is 6.02. The maximum Gasteiger partial charge on any atom is 0.0576 e. The Labute approximate surface area is 81.8 Å². The molecule has 2 nitrogen and oxygen atoms in total. The van der Waals surface area contributed by atoms with Crippen molar-refractivity contribution >= 4 is 0 Å². The largest absolute Gasteiger partial charge is 0.378 e. The summed E-state index contributed by atoms with van der Waals surface area (Å²) in [4.78, 5) is 0. The van der Waals surface area contributed by atoms with E-state index in [4.69, 9.17) is 10.5 Å². The highest BCUT2D eigenvalue weighted by molar-refractivity contribution is 4.85. The maximum atomic E-state index is 6.15. The van der Waals surface area contributed by atoms with Crippen LogP contribution in [0.25, 0.3) is 0 Å². The van der Waals surface area contributed by atoms with Gasteiger partial charge >= 0.3 is 0 Å². The first kappa shape index (κ1) is 11.0. The van der Waals surface area contributed by atoms with Gasteiger partial charge in [0, 0.05) is 12.0 Å². The second kappa shape index (κ2) is 4.43. The minimum Gasteiger partial charge on any atom is -0.378 e. The lowest BCUT2D eigenvalue weighted by atomic mass is 9.84. The molecule has 2 N–H and O–H groups in total. The molecule has 4 unspecified atom stereocenters. The molecular weight excluding hydrogens is 162 g/mol. The van der Waals surface area contributed by atoms with Gasteiger partial charge in [-0.25, -0.2) is 0 Å². The minimum absolute atomic E-state index is 0.319. The van der Waals surface area contributed by atoms with Crippen molar-refractivity contribution in [2.24, 2.45) is 23.5 Å². The molecule has 0 aliphatic carbocycles. The van der Waals surface area contributed by atoms with Crippen molar-refractivity contribution in [2.75, 3.05) is 6.61 Å². The minimum atomic E-state index is 0.319. The molecule has 1 rings (SSSR count). The first-order valence-electron chi connectivity index (χ1n) is 5.39. The van der Waals surface area contributed by atoms with E-state index in [9.17, 15) is 0 Å². The van der Waals surface area contributed by atoms with Gasteiger partial charge in [-0.05, 0) is 25.2 Å². The van der Waals surface area contributed by atoms with Gasteiger partial charge in [0.2, 0.25) is 0 Å². The van der Waals surface area contributed by atoms with Crippen molar-refractivity contribution in [3.05, 3.63) is 0 Å². The van der Waals surface area contributed by atoms with E-state index in [0.29, 0.717) is 29.9 Å². The molecule has 0 aromatic heterocycles. The topological polar surface area (TPSA) is 35.2 Å². The summed E-state index contributed by atoms with van der Waals surface area (Å²) < 4.78 is 5.60. The Hall–Kier alpha value is -0.0800. The summed E-state index contributed by atoms with van der Waals surface area (Å²) in [6.07, 6.45) is 1.51. The van der Waals surface area contributed by atoms with E-state index in [1.165, 1.54) is 0 Å². The molecule has 4 atom stereocenters. The van der Waals surface area contributed by atoms with Crippen molar-refractivity contribution in [3.8, 4) is 0 Å². The molecule has 0 saturated carbocycles. The van der Waals surface area contributed by atoms with Gasteiger partial charge in [-0.2, -0.15) is 0 Å². The van der Waals surface area contributed by atoms with E-state index < -0.39 is 0 Å². The number of rotatable bonds is 3. The highest BCUT2D eigenvalue weighted by Crippen LogP contribution is 2.30. The van der Waals surface area contributed by atoms with Crippen LogP contribution in [0.2, 0.25) is 0 Å². The summed E-state index contributed by atoms with van der Waals surface area (Å²) >= 11 is 0. The molecule has 13 heavy (non-hydrogen) atoms.